The Bertz CT molecular complexity index is 194. The van der Waals surface area contributed by atoms with Crippen molar-refractivity contribution in [3.05, 3.63) is 9.89 Å². The van der Waals surface area contributed by atoms with Gasteiger partial charge in [0.2, 0.25) is 0 Å². The van der Waals surface area contributed by atoms with Crippen molar-refractivity contribution in [2.75, 3.05) is 7.05 Å². The van der Waals surface area contributed by atoms with Gasteiger partial charge in [-0.2, -0.15) is 0 Å². The zero-order valence-electron chi connectivity index (χ0n) is 5.24. The number of carboxylic acids is 1. The highest BCUT2D eigenvalue weighted by atomic mass is 79.9. The minimum atomic E-state index is -0.815. The van der Waals surface area contributed by atoms with Gasteiger partial charge in [0.05, 0.1) is 3.81 Å². The molecule has 1 rings (SSSR count). The molecule has 1 atom stereocenters. The van der Waals surface area contributed by atoms with Crippen molar-refractivity contribution in [1.29, 1.82) is 0 Å². The second-order valence-corrected chi connectivity index (χ2v) is 4.47. The smallest absolute Gasteiger partial charge is 0.325 e. The van der Waals surface area contributed by atoms with Crippen LogP contribution in [0.2, 0.25) is 0 Å². The van der Waals surface area contributed by atoms with Gasteiger partial charge in [-0.3, -0.25) is 4.79 Å². The molecule has 0 saturated heterocycles. The Hall–Kier alpha value is -0.000000000000000111. The summed E-state index contributed by atoms with van der Waals surface area (Å²) in [6, 6.07) is -0.487. The van der Waals surface area contributed by atoms with Crippen molar-refractivity contribution in [2.45, 2.75) is 6.04 Å². The van der Waals surface area contributed by atoms with Crippen molar-refractivity contribution in [1.82, 2.24) is 4.31 Å². The minimum absolute atomic E-state index is 0.487. The Morgan fingerprint density at radius 3 is 2.80 bits per heavy atom. The first-order valence-corrected chi connectivity index (χ1v) is 4.19. The number of hydrogen-bond acceptors (Lipinski definition) is 3. The zero-order chi connectivity index (χ0) is 7.72. The second-order valence-electron chi connectivity index (χ2n) is 1.89. The van der Waals surface area contributed by atoms with Crippen molar-refractivity contribution < 1.29 is 9.90 Å². The molecule has 0 amide bonds. The molecule has 1 unspecified atom stereocenters. The first-order valence-electron chi connectivity index (χ1n) is 2.62. The fourth-order valence-electron chi connectivity index (χ4n) is 0.681. The third-order valence-corrected chi connectivity index (χ3v) is 2.69. The number of carbonyl (C=O) groups is 1. The maximum Gasteiger partial charge on any atom is 0.325 e. The van der Waals surface area contributed by atoms with Gasteiger partial charge in [0.25, 0.3) is 0 Å². The summed E-state index contributed by atoms with van der Waals surface area (Å²) in [6.45, 7) is 0. The van der Waals surface area contributed by atoms with Crippen molar-refractivity contribution >= 4 is 33.8 Å². The van der Waals surface area contributed by atoms with E-state index in [0.29, 0.717) is 0 Å². The van der Waals surface area contributed by atoms with Crippen molar-refractivity contribution in [2.24, 2.45) is 0 Å². The molecule has 0 aliphatic carbocycles. The highest BCUT2D eigenvalue weighted by Crippen LogP contribution is 2.34. The molecule has 10 heavy (non-hydrogen) atoms. The minimum Gasteiger partial charge on any atom is -0.480 e. The zero-order valence-corrected chi connectivity index (χ0v) is 7.65. The summed E-state index contributed by atoms with van der Waals surface area (Å²) in [5, 5.41) is 8.58. The average molecular weight is 224 g/mol. The molecule has 0 saturated carbocycles. The molecule has 5 heteroatoms. The van der Waals surface area contributed by atoms with Crippen molar-refractivity contribution in [3.8, 4) is 0 Å². The summed E-state index contributed by atoms with van der Waals surface area (Å²) in [6.07, 6.45) is 1.66. The van der Waals surface area contributed by atoms with E-state index in [9.17, 15) is 4.79 Å². The van der Waals surface area contributed by atoms with E-state index in [4.69, 9.17) is 5.11 Å². The molecule has 1 aliphatic rings. The third-order valence-electron chi connectivity index (χ3n) is 1.16. The quantitative estimate of drug-likeness (QED) is 0.681. The monoisotopic (exact) mass is 223 g/mol. The topological polar surface area (TPSA) is 40.5 Å². The van der Waals surface area contributed by atoms with Gasteiger partial charge in [-0.1, -0.05) is 0 Å². The van der Waals surface area contributed by atoms with Gasteiger partial charge in [-0.05, 0) is 41.0 Å². The van der Waals surface area contributed by atoms with Crippen LogP contribution in [0.5, 0.6) is 0 Å². The largest absolute Gasteiger partial charge is 0.480 e. The van der Waals surface area contributed by atoms with Gasteiger partial charge in [0, 0.05) is 0 Å². The van der Waals surface area contributed by atoms with E-state index in [2.05, 4.69) is 15.9 Å². The molecule has 0 fully saturated rings. The van der Waals surface area contributed by atoms with Gasteiger partial charge in [0.15, 0.2) is 0 Å². The van der Waals surface area contributed by atoms with E-state index < -0.39 is 12.0 Å². The lowest BCUT2D eigenvalue weighted by atomic mass is 10.3. The number of carboxylic acid groups (broad SMARTS) is 1. The van der Waals surface area contributed by atoms with Gasteiger partial charge in [-0.15, -0.1) is 0 Å². The molecular weight excluding hydrogens is 218 g/mol. The molecule has 1 N–H and O–H groups in total. The standard InChI is InChI=1S/C5H6BrNO2S/c1-7-3(5(8)9)2-4(6)10-7/h2-3H,1H3,(H,8,9). The summed E-state index contributed by atoms with van der Waals surface area (Å²) in [5.74, 6) is -0.815. The highest BCUT2D eigenvalue weighted by Gasteiger charge is 2.27. The lowest BCUT2D eigenvalue weighted by molar-refractivity contribution is -0.139. The molecule has 0 radical (unpaired) electrons. The normalized spacial score (nSPS) is 26.6. The summed E-state index contributed by atoms with van der Waals surface area (Å²) in [5.41, 5.74) is 0. The molecular formula is C5H6BrNO2S. The third kappa shape index (κ3) is 1.53. The Morgan fingerprint density at radius 2 is 2.60 bits per heavy atom. The van der Waals surface area contributed by atoms with E-state index in [-0.39, 0.29) is 0 Å². The van der Waals surface area contributed by atoms with E-state index in [1.54, 1.807) is 17.4 Å². The van der Waals surface area contributed by atoms with Crippen LogP contribution in [0.15, 0.2) is 9.89 Å². The number of rotatable bonds is 1. The molecule has 3 nitrogen and oxygen atoms in total. The fourth-order valence-corrected chi connectivity index (χ4v) is 2.35. The van der Waals surface area contributed by atoms with Gasteiger partial charge >= 0.3 is 5.97 Å². The van der Waals surface area contributed by atoms with Gasteiger partial charge < -0.3 is 5.11 Å². The second kappa shape index (κ2) is 2.94. The van der Waals surface area contributed by atoms with Crippen LogP contribution in [0, 0.1) is 0 Å². The number of aliphatic carboxylic acids is 1. The Balaban J connectivity index is 2.69. The van der Waals surface area contributed by atoms with Crippen LogP contribution in [-0.4, -0.2) is 28.5 Å². The summed E-state index contributed by atoms with van der Waals surface area (Å²) in [4.78, 5) is 10.4. The molecule has 0 aromatic heterocycles. The van der Waals surface area contributed by atoms with Gasteiger partial charge in [0.1, 0.15) is 6.04 Å². The number of nitrogens with zero attached hydrogens (tertiary/aromatic N) is 1. The van der Waals surface area contributed by atoms with E-state index in [1.807, 2.05) is 0 Å². The van der Waals surface area contributed by atoms with Crippen molar-refractivity contribution in [3.63, 3.8) is 0 Å². The van der Waals surface area contributed by atoms with Crippen LogP contribution in [0.25, 0.3) is 0 Å². The van der Waals surface area contributed by atoms with Crippen LogP contribution in [-0.2, 0) is 4.79 Å². The molecule has 0 bridgehead atoms. The van der Waals surface area contributed by atoms with Crippen LogP contribution in [0.3, 0.4) is 0 Å². The maximum atomic E-state index is 10.4. The Kier molecular flexibility index (Phi) is 2.38. The maximum absolute atomic E-state index is 10.4. The summed E-state index contributed by atoms with van der Waals surface area (Å²) in [7, 11) is 1.74. The number of hydrogen-bond donors (Lipinski definition) is 1. The number of likely N-dealkylation sites (N-methyl/N-ethyl adjacent to an activating group) is 1. The van der Waals surface area contributed by atoms with E-state index >= 15 is 0 Å². The van der Waals surface area contributed by atoms with E-state index in [1.165, 1.54) is 11.9 Å². The molecule has 0 aromatic rings. The SMILES string of the molecule is CN1SC(Br)=CC1C(=O)O. The molecule has 1 aliphatic heterocycles. The van der Waals surface area contributed by atoms with Gasteiger partial charge in [-0.25, -0.2) is 4.31 Å². The van der Waals surface area contributed by atoms with Crippen LogP contribution in [0.4, 0.5) is 0 Å². The van der Waals surface area contributed by atoms with Crippen LogP contribution < -0.4 is 0 Å². The highest BCUT2D eigenvalue weighted by molar-refractivity contribution is 9.14. The lowest BCUT2D eigenvalue weighted by Gasteiger charge is -2.11. The fraction of sp³-hybridized carbons (Fsp3) is 0.400. The van der Waals surface area contributed by atoms with Crippen LogP contribution in [0.1, 0.15) is 0 Å². The van der Waals surface area contributed by atoms with Crippen LogP contribution >= 0.6 is 27.9 Å². The molecule has 1 heterocycles. The Morgan fingerprint density at radius 1 is 2.00 bits per heavy atom. The summed E-state index contributed by atoms with van der Waals surface area (Å²) < 4.78 is 2.54. The predicted molar refractivity (Wildman–Crippen MR) is 43.8 cm³/mol. The first kappa shape index (κ1) is 8.10. The van der Waals surface area contributed by atoms with E-state index in [0.717, 1.165) is 3.81 Å². The lowest BCUT2D eigenvalue weighted by Crippen LogP contribution is -2.28. The Labute approximate surface area is 71.3 Å². The average Bonchev–Trinajstić information content (AvgIpc) is 2.10. The molecule has 56 valence electrons. The summed E-state index contributed by atoms with van der Waals surface area (Å²) >= 11 is 4.59. The predicted octanol–water partition coefficient (Wildman–Crippen LogP) is 1.27. The number of halogens is 1. The molecule has 0 spiro atoms. The first-order chi connectivity index (χ1) is 4.61. The molecule has 0 aromatic carbocycles.